The van der Waals surface area contributed by atoms with E-state index < -0.39 is 18.4 Å². The quantitative estimate of drug-likeness (QED) is 0.727. The van der Waals surface area contributed by atoms with E-state index in [4.69, 9.17) is 4.74 Å². The van der Waals surface area contributed by atoms with Gasteiger partial charge in [-0.05, 0) is 35.6 Å². The van der Waals surface area contributed by atoms with Crippen molar-refractivity contribution in [1.29, 1.82) is 0 Å². The molecule has 6 nitrogen and oxygen atoms in total. The van der Waals surface area contributed by atoms with Gasteiger partial charge in [0, 0.05) is 5.56 Å². The van der Waals surface area contributed by atoms with Gasteiger partial charge < -0.3 is 20.5 Å². The molecule has 1 heterocycles. The first-order valence-corrected chi connectivity index (χ1v) is 9.34. The molecule has 0 radical (unpaired) electrons. The van der Waals surface area contributed by atoms with E-state index in [9.17, 15) is 14.7 Å². The molecule has 1 unspecified atom stereocenters. The highest BCUT2D eigenvalue weighted by atomic mass is 16.6. The lowest BCUT2D eigenvalue weighted by Gasteiger charge is -2.23. The largest absolute Gasteiger partial charge is 0.366 e. The number of benzene rings is 2. The Balaban J connectivity index is 1.77. The zero-order valence-corrected chi connectivity index (χ0v) is 15.6. The average molecular weight is 370 g/mol. The summed E-state index contributed by atoms with van der Waals surface area (Å²) >= 11 is 0. The molecule has 6 heteroatoms. The first-order chi connectivity index (χ1) is 13.0. The molecule has 2 amide bonds. The number of rotatable bonds is 6. The second-order valence-corrected chi connectivity index (χ2v) is 7.35. The highest BCUT2D eigenvalue weighted by Gasteiger charge is 2.31. The summed E-state index contributed by atoms with van der Waals surface area (Å²) in [6, 6.07) is 12.1. The molecule has 3 rings (SSSR count). The number of fused-ring (bicyclic) bond motifs is 1. The van der Waals surface area contributed by atoms with E-state index in [-0.39, 0.29) is 17.7 Å². The third-order valence-electron chi connectivity index (χ3n) is 4.75. The zero-order valence-electron chi connectivity index (χ0n) is 15.6. The first-order valence-electron chi connectivity index (χ1n) is 9.34. The van der Waals surface area contributed by atoms with Gasteiger partial charge in [0.25, 0.3) is 5.91 Å². The summed E-state index contributed by atoms with van der Waals surface area (Å²) in [6.45, 7) is 4.40. The Morgan fingerprint density at radius 3 is 2.63 bits per heavy atom. The summed E-state index contributed by atoms with van der Waals surface area (Å²) < 4.78 is 5.08. The number of hydrogen-bond acceptors (Lipinski definition) is 4. The number of ether oxygens (including phenoxy) is 1. The predicted molar refractivity (Wildman–Crippen MR) is 103 cm³/mol. The van der Waals surface area contributed by atoms with E-state index in [1.165, 1.54) is 0 Å². The zero-order chi connectivity index (χ0) is 19.4. The molecule has 2 aromatic carbocycles. The van der Waals surface area contributed by atoms with Crippen molar-refractivity contribution in [2.45, 2.75) is 45.1 Å². The Kier molecular flexibility index (Phi) is 6.08. The van der Waals surface area contributed by atoms with Crippen LogP contribution in [-0.2, 0) is 9.53 Å². The summed E-state index contributed by atoms with van der Waals surface area (Å²) in [6.07, 6.45) is 0.0623. The Morgan fingerprint density at radius 1 is 1.19 bits per heavy atom. The maximum Gasteiger partial charge on any atom is 0.252 e. The van der Waals surface area contributed by atoms with Crippen LogP contribution in [0.25, 0.3) is 10.8 Å². The van der Waals surface area contributed by atoms with Crippen molar-refractivity contribution in [3.8, 4) is 0 Å². The average Bonchev–Trinajstić information content (AvgIpc) is 3.04. The molecule has 144 valence electrons. The molecule has 0 bridgehead atoms. The molecule has 3 N–H and O–H groups in total. The summed E-state index contributed by atoms with van der Waals surface area (Å²) in [5, 5.41) is 17.2. The van der Waals surface area contributed by atoms with E-state index in [1.807, 2.05) is 50.2 Å². The molecule has 1 aliphatic heterocycles. The number of carbonyl (C=O) groups excluding carboxylic acids is 2. The molecule has 27 heavy (non-hydrogen) atoms. The molecular weight excluding hydrogens is 344 g/mol. The summed E-state index contributed by atoms with van der Waals surface area (Å²) in [7, 11) is 0. The van der Waals surface area contributed by atoms with Crippen LogP contribution in [-0.4, -0.2) is 41.9 Å². The Morgan fingerprint density at radius 2 is 1.93 bits per heavy atom. The van der Waals surface area contributed by atoms with Crippen molar-refractivity contribution in [2.75, 3.05) is 6.61 Å². The molecule has 0 spiro atoms. The van der Waals surface area contributed by atoms with Crippen LogP contribution in [0.1, 0.15) is 37.0 Å². The van der Waals surface area contributed by atoms with Gasteiger partial charge >= 0.3 is 0 Å². The van der Waals surface area contributed by atoms with Gasteiger partial charge in [-0.3, -0.25) is 9.59 Å². The number of amides is 2. The number of nitrogens with one attached hydrogen (secondary N) is 2. The Hall–Kier alpha value is -2.44. The maximum atomic E-state index is 12.9. The van der Waals surface area contributed by atoms with Crippen molar-refractivity contribution in [3.05, 3.63) is 48.0 Å². The fourth-order valence-corrected chi connectivity index (χ4v) is 3.36. The minimum Gasteiger partial charge on any atom is -0.366 e. The lowest BCUT2D eigenvalue weighted by atomic mass is 10.0. The number of aliphatic hydroxyl groups excluding tert-OH is 1. The van der Waals surface area contributed by atoms with Crippen LogP contribution in [0.4, 0.5) is 0 Å². The first kappa shape index (κ1) is 19.3. The third kappa shape index (κ3) is 4.64. The molecule has 0 saturated carbocycles. The summed E-state index contributed by atoms with van der Waals surface area (Å²) in [5.41, 5.74) is 0.541. The molecule has 2 aromatic rings. The minimum absolute atomic E-state index is 0.221. The molecule has 3 atom stereocenters. The standard InChI is InChI=1S/C21H26N2O4/c1-13(2)12-18(20(25)22-17-10-11-27-21(17)26)23-19(24)16-9-5-7-14-6-3-4-8-15(14)16/h3-9,13,17-18,21,26H,10-12H2,1-2H3,(H,22,25)(H,23,24)/t17-,18-,21?/m0/s1. The van der Waals surface area contributed by atoms with Crippen LogP contribution in [0, 0.1) is 5.92 Å². The molecule has 0 aliphatic carbocycles. The maximum absolute atomic E-state index is 12.9. The van der Waals surface area contributed by atoms with Crippen LogP contribution >= 0.6 is 0 Å². The van der Waals surface area contributed by atoms with E-state index >= 15 is 0 Å². The van der Waals surface area contributed by atoms with E-state index in [0.717, 1.165) is 10.8 Å². The van der Waals surface area contributed by atoms with Gasteiger partial charge in [-0.25, -0.2) is 0 Å². The number of aliphatic hydroxyl groups is 1. The predicted octanol–water partition coefficient (Wildman–Crippen LogP) is 2.21. The van der Waals surface area contributed by atoms with Gasteiger partial charge in [0.15, 0.2) is 6.29 Å². The van der Waals surface area contributed by atoms with Crippen molar-refractivity contribution < 1.29 is 19.4 Å². The van der Waals surface area contributed by atoms with Gasteiger partial charge in [-0.1, -0.05) is 50.2 Å². The molecule has 1 aliphatic rings. The molecule has 0 aromatic heterocycles. The van der Waals surface area contributed by atoms with Gasteiger partial charge in [0.1, 0.15) is 6.04 Å². The van der Waals surface area contributed by atoms with Gasteiger partial charge in [0.2, 0.25) is 5.91 Å². The van der Waals surface area contributed by atoms with Crippen LogP contribution in [0.2, 0.25) is 0 Å². The summed E-state index contributed by atoms with van der Waals surface area (Å²) in [4.78, 5) is 25.6. The highest BCUT2D eigenvalue weighted by molar-refractivity contribution is 6.08. The lowest BCUT2D eigenvalue weighted by molar-refractivity contribution is -0.127. The number of carbonyl (C=O) groups is 2. The monoisotopic (exact) mass is 370 g/mol. The third-order valence-corrected chi connectivity index (χ3v) is 4.75. The van der Waals surface area contributed by atoms with E-state index in [1.54, 1.807) is 6.07 Å². The fraction of sp³-hybridized carbons (Fsp3) is 0.429. The number of hydrogen-bond donors (Lipinski definition) is 3. The summed E-state index contributed by atoms with van der Waals surface area (Å²) in [5.74, 6) is -0.360. The van der Waals surface area contributed by atoms with Crippen molar-refractivity contribution in [3.63, 3.8) is 0 Å². The fourth-order valence-electron chi connectivity index (χ4n) is 3.36. The van der Waals surface area contributed by atoms with Crippen LogP contribution < -0.4 is 10.6 Å². The van der Waals surface area contributed by atoms with Crippen LogP contribution in [0.5, 0.6) is 0 Å². The van der Waals surface area contributed by atoms with E-state index in [0.29, 0.717) is 25.0 Å². The van der Waals surface area contributed by atoms with Gasteiger partial charge in [-0.15, -0.1) is 0 Å². The molecular formula is C21H26N2O4. The Bertz CT molecular complexity index is 815. The minimum atomic E-state index is -0.998. The Labute approximate surface area is 158 Å². The van der Waals surface area contributed by atoms with Crippen LogP contribution in [0.15, 0.2) is 42.5 Å². The second kappa shape index (κ2) is 8.50. The molecule has 1 saturated heterocycles. The van der Waals surface area contributed by atoms with Crippen molar-refractivity contribution >= 4 is 22.6 Å². The topological polar surface area (TPSA) is 87.7 Å². The normalized spacial score (nSPS) is 20.6. The van der Waals surface area contributed by atoms with Gasteiger partial charge in [-0.2, -0.15) is 0 Å². The smallest absolute Gasteiger partial charge is 0.252 e. The van der Waals surface area contributed by atoms with Crippen molar-refractivity contribution in [2.24, 2.45) is 5.92 Å². The highest BCUT2D eigenvalue weighted by Crippen LogP contribution is 2.19. The van der Waals surface area contributed by atoms with Crippen molar-refractivity contribution in [1.82, 2.24) is 10.6 Å². The SMILES string of the molecule is CC(C)C[C@H](NC(=O)c1cccc2ccccc12)C(=O)N[C@H]1CCOC1O. The molecule has 1 fully saturated rings. The lowest BCUT2D eigenvalue weighted by Crippen LogP contribution is -2.51. The van der Waals surface area contributed by atoms with E-state index in [2.05, 4.69) is 10.6 Å². The second-order valence-electron chi connectivity index (χ2n) is 7.35. The van der Waals surface area contributed by atoms with Crippen LogP contribution in [0.3, 0.4) is 0 Å². The van der Waals surface area contributed by atoms with Gasteiger partial charge in [0.05, 0.1) is 12.6 Å².